The van der Waals surface area contributed by atoms with E-state index < -0.39 is 17.7 Å². The molecule has 2 aromatic rings. The highest BCUT2D eigenvalue weighted by atomic mass is 16.5. The second-order valence-corrected chi connectivity index (χ2v) is 8.33. The maximum atomic E-state index is 13.1. The van der Waals surface area contributed by atoms with Gasteiger partial charge in [-0.05, 0) is 61.7 Å². The third kappa shape index (κ3) is 5.59. The van der Waals surface area contributed by atoms with Crippen LogP contribution in [0.1, 0.15) is 49.4 Å². The number of Topliss-reactive ketones (excluding diaryl/α,β-unsaturated/α-hetero) is 1. The molecule has 0 aromatic heterocycles. The first-order chi connectivity index (χ1) is 16.8. The van der Waals surface area contributed by atoms with E-state index in [1.54, 1.807) is 37.3 Å². The standard InChI is InChI=1S/C27H33NO7/c1-5-7-13-35-21-11-9-19(15-17(21)3)25(30)23-24(28(12-14-33-4)27(32)26(23)31)18-8-10-20(29)22(16-18)34-6-2/h8-11,15-16,24,29-30H,5-7,12-14H2,1-4H3/t24-/m1/s1. The molecule has 35 heavy (non-hydrogen) atoms. The van der Waals surface area contributed by atoms with E-state index in [2.05, 4.69) is 6.92 Å². The number of phenols is 1. The lowest BCUT2D eigenvalue weighted by Crippen LogP contribution is -2.32. The first-order valence-electron chi connectivity index (χ1n) is 11.8. The van der Waals surface area contributed by atoms with Crippen molar-refractivity contribution in [3.8, 4) is 17.2 Å². The lowest BCUT2D eigenvalue weighted by atomic mass is 9.94. The number of amides is 1. The molecule has 1 saturated heterocycles. The van der Waals surface area contributed by atoms with Crippen LogP contribution in [0.3, 0.4) is 0 Å². The van der Waals surface area contributed by atoms with E-state index in [9.17, 15) is 19.8 Å². The van der Waals surface area contributed by atoms with E-state index in [0.29, 0.717) is 30.1 Å². The molecule has 8 nitrogen and oxygen atoms in total. The van der Waals surface area contributed by atoms with Crippen LogP contribution >= 0.6 is 0 Å². The number of likely N-dealkylation sites (tertiary alicyclic amines) is 1. The van der Waals surface area contributed by atoms with Gasteiger partial charge in [0.2, 0.25) is 0 Å². The fraction of sp³-hybridized carbons (Fsp3) is 0.407. The molecule has 1 heterocycles. The number of ketones is 1. The maximum absolute atomic E-state index is 13.1. The largest absolute Gasteiger partial charge is 0.507 e. The Kier molecular flexibility index (Phi) is 8.76. The van der Waals surface area contributed by atoms with Gasteiger partial charge in [-0.25, -0.2) is 0 Å². The van der Waals surface area contributed by atoms with Crippen LogP contribution in [-0.4, -0.2) is 60.3 Å². The van der Waals surface area contributed by atoms with Crippen molar-refractivity contribution in [1.82, 2.24) is 4.90 Å². The number of methoxy groups -OCH3 is 1. The summed E-state index contributed by atoms with van der Waals surface area (Å²) in [7, 11) is 1.51. The van der Waals surface area contributed by atoms with Gasteiger partial charge in [-0.3, -0.25) is 9.59 Å². The summed E-state index contributed by atoms with van der Waals surface area (Å²) in [5.41, 5.74) is 1.71. The Morgan fingerprint density at radius 2 is 1.80 bits per heavy atom. The molecule has 0 spiro atoms. The summed E-state index contributed by atoms with van der Waals surface area (Å²) in [4.78, 5) is 27.5. The zero-order valence-corrected chi connectivity index (χ0v) is 20.7. The summed E-state index contributed by atoms with van der Waals surface area (Å²) in [5.74, 6) is -0.911. The van der Waals surface area contributed by atoms with E-state index in [-0.39, 0.29) is 36.0 Å². The number of carbonyl (C=O) groups is 2. The third-order valence-corrected chi connectivity index (χ3v) is 5.88. The van der Waals surface area contributed by atoms with Gasteiger partial charge in [0.05, 0.1) is 31.4 Å². The number of aryl methyl sites for hydroxylation is 1. The quantitative estimate of drug-likeness (QED) is 0.212. The zero-order valence-electron chi connectivity index (χ0n) is 20.7. The number of rotatable bonds is 11. The van der Waals surface area contributed by atoms with Crippen LogP contribution in [0.25, 0.3) is 5.76 Å². The number of benzene rings is 2. The highest BCUT2D eigenvalue weighted by Crippen LogP contribution is 2.42. The SMILES string of the molecule is CCCCOc1ccc(C(O)=C2C(=O)C(=O)N(CCOC)[C@@H]2c2ccc(O)c(OCC)c2)cc1C. The molecular weight excluding hydrogens is 450 g/mol. The zero-order chi connectivity index (χ0) is 25.5. The topological polar surface area (TPSA) is 106 Å². The monoisotopic (exact) mass is 483 g/mol. The van der Waals surface area contributed by atoms with Gasteiger partial charge in [0.15, 0.2) is 11.5 Å². The van der Waals surface area contributed by atoms with Crippen LogP contribution in [0.2, 0.25) is 0 Å². The molecule has 2 N–H and O–H groups in total. The van der Waals surface area contributed by atoms with Crippen molar-refractivity contribution < 1.29 is 34.0 Å². The number of phenolic OH excluding ortho intramolecular Hbond substituents is 1. The fourth-order valence-electron chi connectivity index (χ4n) is 4.06. The van der Waals surface area contributed by atoms with Crippen LogP contribution < -0.4 is 9.47 Å². The number of aliphatic hydroxyl groups excluding tert-OH is 1. The van der Waals surface area contributed by atoms with Gasteiger partial charge in [0.1, 0.15) is 11.5 Å². The second kappa shape index (κ2) is 11.8. The molecule has 1 atom stereocenters. The van der Waals surface area contributed by atoms with Crippen molar-refractivity contribution in [2.45, 2.75) is 39.7 Å². The Morgan fingerprint density at radius 3 is 2.46 bits per heavy atom. The van der Waals surface area contributed by atoms with Crippen LogP contribution in [0, 0.1) is 6.92 Å². The average Bonchev–Trinajstić information content (AvgIpc) is 3.09. The number of nitrogens with zero attached hydrogens (tertiary/aromatic N) is 1. The van der Waals surface area contributed by atoms with Crippen molar-refractivity contribution >= 4 is 17.4 Å². The minimum absolute atomic E-state index is 0.0294. The lowest BCUT2D eigenvalue weighted by molar-refractivity contribution is -0.140. The summed E-state index contributed by atoms with van der Waals surface area (Å²) in [6.45, 7) is 7.01. The minimum atomic E-state index is -0.870. The van der Waals surface area contributed by atoms with Crippen molar-refractivity contribution in [3.05, 3.63) is 58.7 Å². The second-order valence-electron chi connectivity index (χ2n) is 8.33. The Labute approximate surface area is 205 Å². The van der Waals surface area contributed by atoms with Crippen molar-refractivity contribution in [3.63, 3.8) is 0 Å². The van der Waals surface area contributed by atoms with Gasteiger partial charge in [-0.2, -0.15) is 0 Å². The normalized spacial score (nSPS) is 17.1. The summed E-state index contributed by atoms with van der Waals surface area (Å²) >= 11 is 0. The molecule has 1 fully saturated rings. The van der Waals surface area contributed by atoms with Gasteiger partial charge in [0, 0.05) is 19.2 Å². The third-order valence-electron chi connectivity index (χ3n) is 5.88. The lowest BCUT2D eigenvalue weighted by Gasteiger charge is -2.25. The predicted molar refractivity (Wildman–Crippen MR) is 132 cm³/mol. The summed E-state index contributed by atoms with van der Waals surface area (Å²) in [5, 5.41) is 21.4. The number of hydrogen-bond acceptors (Lipinski definition) is 7. The molecule has 0 unspecified atom stereocenters. The molecule has 0 radical (unpaired) electrons. The number of hydrogen-bond donors (Lipinski definition) is 2. The van der Waals surface area contributed by atoms with Crippen molar-refractivity contribution in [2.75, 3.05) is 33.5 Å². The van der Waals surface area contributed by atoms with Gasteiger partial charge in [-0.1, -0.05) is 19.4 Å². The van der Waals surface area contributed by atoms with Crippen LogP contribution in [0.15, 0.2) is 42.0 Å². The first kappa shape index (κ1) is 26.1. The Balaban J connectivity index is 2.09. The van der Waals surface area contributed by atoms with E-state index in [1.165, 1.54) is 18.1 Å². The highest BCUT2D eigenvalue weighted by molar-refractivity contribution is 6.46. The molecule has 0 saturated carbocycles. The van der Waals surface area contributed by atoms with Gasteiger partial charge < -0.3 is 29.3 Å². The Morgan fingerprint density at radius 1 is 1.03 bits per heavy atom. The summed E-state index contributed by atoms with van der Waals surface area (Å²) in [6, 6.07) is 8.93. The highest BCUT2D eigenvalue weighted by Gasteiger charge is 2.46. The van der Waals surface area contributed by atoms with Gasteiger partial charge in [0.25, 0.3) is 11.7 Å². The van der Waals surface area contributed by atoms with E-state index in [4.69, 9.17) is 14.2 Å². The molecule has 1 amide bonds. The summed E-state index contributed by atoms with van der Waals surface area (Å²) in [6.07, 6.45) is 1.95. The number of aliphatic hydroxyl groups is 1. The van der Waals surface area contributed by atoms with E-state index >= 15 is 0 Å². The first-order valence-corrected chi connectivity index (χ1v) is 11.8. The Hall–Kier alpha value is -3.52. The minimum Gasteiger partial charge on any atom is -0.507 e. The van der Waals surface area contributed by atoms with Crippen LogP contribution in [-0.2, 0) is 14.3 Å². The number of unbranched alkanes of at least 4 members (excludes halogenated alkanes) is 1. The molecule has 0 bridgehead atoms. The molecule has 3 rings (SSSR count). The number of aromatic hydroxyl groups is 1. The molecule has 1 aliphatic heterocycles. The average molecular weight is 484 g/mol. The van der Waals surface area contributed by atoms with Crippen LogP contribution in [0.4, 0.5) is 0 Å². The maximum Gasteiger partial charge on any atom is 0.295 e. The molecular formula is C27H33NO7. The molecule has 8 heteroatoms. The molecule has 1 aliphatic rings. The number of carbonyl (C=O) groups excluding carboxylic acids is 2. The Bertz CT molecular complexity index is 1110. The smallest absolute Gasteiger partial charge is 0.295 e. The van der Waals surface area contributed by atoms with E-state index in [1.807, 2.05) is 6.92 Å². The predicted octanol–water partition coefficient (Wildman–Crippen LogP) is 4.35. The van der Waals surface area contributed by atoms with Crippen molar-refractivity contribution in [2.24, 2.45) is 0 Å². The van der Waals surface area contributed by atoms with Crippen LogP contribution in [0.5, 0.6) is 17.2 Å². The molecule has 2 aromatic carbocycles. The van der Waals surface area contributed by atoms with Gasteiger partial charge in [-0.15, -0.1) is 0 Å². The number of ether oxygens (including phenoxy) is 3. The van der Waals surface area contributed by atoms with E-state index in [0.717, 1.165) is 18.4 Å². The molecule has 188 valence electrons. The summed E-state index contributed by atoms with van der Waals surface area (Å²) < 4.78 is 16.4. The van der Waals surface area contributed by atoms with Gasteiger partial charge >= 0.3 is 0 Å². The fourth-order valence-corrected chi connectivity index (χ4v) is 4.06. The molecule has 0 aliphatic carbocycles. The van der Waals surface area contributed by atoms with Crippen molar-refractivity contribution in [1.29, 1.82) is 0 Å².